The molecule has 2 N–H and O–H groups in total. The summed E-state index contributed by atoms with van der Waals surface area (Å²) in [6.07, 6.45) is 8.37. The Balaban J connectivity index is 1.48. The Morgan fingerprint density at radius 2 is 2.23 bits per heavy atom. The molecule has 1 aromatic rings. The maximum Gasteiger partial charge on any atom is 0.244 e. The first-order valence-corrected chi connectivity index (χ1v) is 8.12. The van der Waals surface area contributed by atoms with Crippen LogP contribution in [0.25, 0.3) is 6.08 Å². The van der Waals surface area contributed by atoms with Crippen molar-refractivity contribution >= 4 is 12.0 Å². The zero-order valence-corrected chi connectivity index (χ0v) is 12.8. The summed E-state index contributed by atoms with van der Waals surface area (Å²) in [5, 5.41) is 12.8. The van der Waals surface area contributed by atoms with Crippen LogP contribution in [0.4, 0.5) is 0 Å². The molecule has 0 saturated heterocycles. The highest BCUT2D eigenvalue weighted by Crippen LogP contribution is 2.27. The molecule has 2 aliphatic rings. The molecule has 0 spiro atoms. The number of carbonyl (C=O) groups is 1. The summed E-state index contributed by atoms with van der Waals surface area (Å²) in [4.78, 5) is 11.8. The van der Waals surface area contributed by atoms with Gasteiger partial charge < -0.3 is 15.2 Å². The molecule has 0 radical (unpaired) electrons. The molecule has 22 heavy (non-hydrogen) atoms. The second-order valence-electron chi connectivity index (χ2n) is 6.16. The van der Waals surface area contributed by atoms with Gasteiger partial charge in [-0.1, -0.05) is 18.9 Å². The van der Waals surface area contributed by atoms with E-state index in [-0.39, 0.29) is 5.91 Å². The lowest BCUT2D eigenvalue weighted by atomic mass is 10.0. The number of hydrogen-bond acceptors (Lipinski definition) is 3. The predicted molar refractivity (Wildman–Crippen MR) is 85.6 cm³/mol. The van der Waals surface area contributed by atoms with E-state index in [1.165, 1.54) is 24.5 Å². The van der Waals surface area contributed by atoms with Gasteiger partial charge in [0, 0.05) is 19.0 Å². The second kappa shape index (κ2) is 6.97. The molecule has 118 valence electrons. The topological polar surface area (TPSA) is 58.6 Å². The van der Waals surface area contributed by atoms with Gasteiger partial charge in [-0.05, 0) is 48.1 Å². The lowest BCUT2D eigenvalue weighted by Crippen LogP contribution is -2.34. The first-order chi connectivity index (χ1) is 10.7. The zero-order chi connectivity index (χ0) is 15.4. The average molecular weight is 301 g/mol. The van der Waals surface area contributed by atoms with Crippen LogP contribution in [0.15, 0.2) is 24.3 Å². The van der Waals surface area contributed by atoms with Crippen molar-refractivity contribution < 1.29 is 14.6 Å². The summed E-state index contributed by atoms with van der Waals surface area (Å²) in [5.41, 5.74) is 2.19. The number of hydrogen-bond donors (Lipinski definition) is 2. The van der Waals surface area contributed by atoms with E-state index in [0.717, 1.165) is 37.2 Å². The first-order valence-electron chi connectivity index (χ1n) is 8.12. The summed E-state index contributed by atoms with van der Waals surface area (Å²) in [5.74, 6) is 1.14. The largest absolute Gasteiger partial charge is 0.493 e. The smallest absolute Gasteiger partial charge is 0.244 e. The third kappa shape index (κ3) is 3.69. The molecule has 0 bridgehead atoms. The van der Waals surface area contributed by atoms with Crippen molar-refractivity contribution in [3.05, 3.63) is 35.4 Å². The van der Waals surface area contributed by atoms with Crippen LogP contribution in [-0.2, 0) is 11.2 Å². The van der Waals surface area contributed by atoms with E-state index in [1.54, 1.807) is 6.08 Å². The number of nitrogens with one attached hydrogen (secondary N) is 1. The molecule has 1 amide bonds. The quantitative estimate of drug-likeness (QED) is 0.821. The van der Waals surface area contributed by atoms with Crippen molar-refractivity contribution in [1.82, 2.24) is 5.32 Å². The number of ether oxygens (including phenoxy) is 1. The number of amides is 1. The van der Waals surface area contributed by atoms with E-state index < -0.39 is 6.10 Å². The third-order valence-electron chi connectivity index (χ3n) is 4.57. The number of aliphatic hydroxyl groups excluding tert-OH is 1. The highest BCUT2D eigenvalue weighted by molar-refractivity contribution is 5.91. The van der Waals surface area contributed by atoms with E-state index in [4.69, 9.17) is 4.74 Å². The maximum atomic E-state index is 11.8. The fourth-order valence-corrected chi connectivity index (χ4v) is 3.25. The molecule has 1 aliphatic heterocycles. The molecule has 1 saturated carbocycles. The van der Waals surface area contributed by atoms with Gasteiger partial charge in [-0.3, -0.25) is 4.79 Å². The second-order valence-corrected chi connectivity index (χ2v) is 6.16. The molecule has 1 aromatic carbocycles. The molecular formula is C18H23NO3. The molecule has 1 heterocycles. The van der Waals surface area contributed by atoms with Crippen molar-refractivity contribution in [2.24, 2.45) is 5.92 Å². The SMILES string of the molecule is O=C(/C=C/c1ccc2c(c1)CCO2)NCC(O)C1CCCC1. The van der Waals surface area contributed by atoms with Gasteiger partial charge in [0.2, 0.25) is 5.91 Å². The van der Waals surface area contributed by atoms with Crippen LogP contribution in [0.5, 0.6) is 5.75 Å². The molecule has 4 heteroatoms. The number of fused-ring (bicyclic) bond motifs is 1. The van der Waals surface area contributed by atoms with Crippen molar-refractivity contribution in [3.8, 4) is 5.75 Å². The molecule has 1 fully saturated rings. The highest BCUT2D eigenvalue weighted by atomic mass is 16.5. The summed E-state index contributed by atoms with van der Waals surface area (Å²) >= 11 is 0. The Labute approximate surface area is 131 Å². The molecule has 1 unspecified atom stereocenters. The number of rotatable bonds is 5. The van der Waals surface area contributed by atoms with Crippen LogP contribution in [-0.4, -0.2) is 30.3 Å². The molecular weight excluding hydrogens is 278 g/mol. The van der Waals surface area contributed by atoms with Crippen molar-refractivity contribution in [2.75, 3.05) is 13.2 Å². The van der Waals surface area contributed by atoms with Gasteiger partial charge in [0.15, 0.2) is 0 Å². The van der Waals surface area contributed by atoms with Crippen molar-refractivity contribution in [3.63, 3.8) is 0 Å². The van der Waals surface area contributed by atoms with Gasteiger partial charge in [-0.2, -0.15) is 0 Å². The first kappa shape index (κ1) is 15.1. The minimum atomic E-state index is -0.419. The normalized spacial score (nSPS) is 19.1. The average Bonchev–Trinajstić information content (AvgIpc) is 3.20. The lowest BCUT2D eigenvalue weighted by molar-refractivity contribution is -0.117. The number of aliphatic hydroxyl groups is 1. The Bertz CT molecular complexity index is 561. The van der Waals surface area contributed by atoms with Gasteiger partial charge in [0.1, 0.15) is 5.75 Å². The molecule has 1 atom stereocenters. The van der Waals surface area contributed by atoms with Crippen LogP contribution in [0, 0.1) is 5.92 Å². The van der Waals surface area contributed by atoms with E-state index >= 15 is 0 Å². The third-order valence-corrected chi connectivity index (χ3v) is 4.57. The fraction of sp³-hybridized carbons (Fsp3) is 0.500. The Kier molecular flexibility index (Phi) is 4.78. The highest BCUT2D eigenvalue weighted by Gasteiger charge is 2.23. The van der Waals surface area contributed by atoms with E-state index in [2.05, 4.69) is 11.4 Å². The van der Waals surface area contributed by atoms with Crippen molar-refractivity contribution in [2.45, 2.75) is 38.2 Å². The number of benzene rings is 1. The summed E-state index contributed by atoms with van der Waals surface area (Å²) in [6, 6.07) is 5.95. The molecule has 1 aliphatic carbocycles. The van der Waals surface area contributed by atoms with Gasteiger partial charge >= 0.3 is 0 Å². The van der Waals surface area contributed by atoms with Crippen LogP contribution < -0.4 is 10.1 Å². The van der Waals surface area contributed by atoms with Gasteiger partial charge in [0.05, 0.1) is 12.7 Å². The lowest BCUT2D eigenvalue weighted by Gasteiger charge is -2.17. The fourth-order valence-electron chi connectivity index (χ4n) is 3.25. The molecule has 4 nitrogen and oxygen atoms in total. The molecule has 0 aromatic heterocycles. The Hall–Kier alpha value is -1.81. The summed E-state index contributed by atoms with van der Waals surface area (Å²) in [7, 11) is 0. The monoisotopic (exact) mass is 301 g/mol. The zero-order valence-electron chi connectivity index (χ0n) is 12.8. The van der Waals surface area contributed by atoms with Gasteiger partial charge in [0.25, 0.3) is 0 Å². The van der Waals surface area contributed by atoms with E-state index in [0.29, 0.717) is 12.5 Å². The van der Waals surface area contributed by atoms with E-state index in [9.17, 15) is 9.90 Å². The maximum absolute atomic E-state index is 11.8. The Morgan fingerprint density at radius 1 is 1.41 bits per heavy atom. The van der Waals surface area contributed by atoms with Crippen molar-refractivity contribution in [1.29, 1.82) is 0 Å². The minimum Gasteiger partial charge on any atom is -0.493 e. The summed E-state index contributed by atoms with van der Waals surface area (Å²) in [6.45, 7) is 1.08. The number of carbonyl (C=O) groups excluding carboxylic acids is 1. The predicted octanol–water partition coefficient (Wildman–Crippen LogP) is 2.30. The van der Waals surface area contributed by atoms with Crippen LogP contribution >= 0.6 is 0 Å². The van der Waals surface area contributed by atoms with Gasteiger partial charge in [-0.15, -0.1) is 0 Å². The van der Waals surface area contributed by atoms with E-state index in [1.807, 2.05) is 12.1 Å². The van der Waals surface area contributed by atoms with Crippen LogP contribution in [0.3, 0.4) is 0 Å². The van der Waals surface area contributed by atoms with Gasteiger partial charge in [-0.25, -0.2) is 0 Å². The summed E-state index contributed by atoms with van der Waals surface area (Å²) < 4.78 is 5.46. The Morgan fingerprint density at radius 3 is 3.05 bits per heavy atom. The van der Waals surface area contributed by atoms with Crippen LogP contribution in [0.2, 0.25) is 0 Å². The molecule has 3 rings (SSSR count). The minimum absolute atomic E-state index is 0.159. The van der Waals surface area contributed by atoms with Crippen LogP contribution in [0.1, 0.15) is 36.8 Å². The standard InChI is InChI=1S/C18H23NO3/c20-16(14-3-1-2-4-14)12-19-18(21)8-6-13-5-7-17-15(11-13)9-10-22-17/h5-8,11,14,16,20H,1-4,9-10,12H2,(H,19,21)/b8-6+.